The predicted octanol–water partition coefficient (Wildman–Crippen LogP) is 2.56. The smallest absolute Gasteiger partial charge is 0.212 e. The summed E-state index contributed by atoms with van der Waals surface area (Å²) >= 11 is 1.53. The third-order valence-electron chi connectivity index (χ3n) is 5.62. The van der Waals surface area contributed by atoms with Gasteiger partial charge in [-0.2, -0.15) is 0 Å². The van der Waals surface area contributed by atoms with E-state index in [-0.39, 0.29) is 17.0 Å². The van der Waals surface area contributed by atoms with Gasteiger partial charge >= 0.3 is 0 Å². The molecule has 0 aromatic carbocycles. The Morgan fingerprint density at radius 3 is 2.71 bits per heavy atom. The van der Waals surface area contributed by atoms with Crippen molar-refractivity contribution in [1.29, 1.82) is 0 Å². The monoisotopic (exact) mass is 327 g/mol. The minimum Gasteiger partial charge on any atom is -0.299 e. The number of nitrogens with one attached hydrogen (secondary N) is 1. The fourth-order valence-electron chi connectivity index (χ4n) is 4.08. The van der Waals surface area contributed by atoms with Crippen LogP contribution in [0.25, 0.3) is 0 Å². The van der Waals surface area contributed by atoms with Crippen LogP contribution in [0.2, 0.25) is 0 Å². The largest absolute Gasteiger partial charge is 0.299 e. The molecule has 0 radical (unpaired) electrons. The molecule has 6 heteroatoms. The second kappa shape index (κ2) is 4.89. The van der Waals surface area contributed by atoms with E-state index in [1.165, 1.54) is 11.3 Å². The molecule has 0 amide bonds. The number of rotatable bonds is 5. The van der Waals surface area contributed by atoms with Gasteiger partial charge in [0.15, 0.2) is 0 Å². The summed E-state index contributed by atoms with van der Waals surface area (Å²) in [4.78, 5) is 13.4. The third-order valence-corrected chi connectivity index (χ3v) is 7.96. The molecule has 0 spiro atoms. The van der Waals surface area contributed by atoms with Crippen LogP contribution in [0.5, 0.6) is 0 Å². The standard InChI is InChI=1S/C15H21NO3S2/c1-14(2)11-5-6-15(14,13(17)8-11)10-21(18,19)16-9-12-4-3-7-20-12/h3-4,7,11,16H,5-6,8-10H2,1-2H3/t11-,15-/m0/s1. The Morgan fingerprint density at radius 2 is 2.19 bits per heavy atom. The van der Waals surface area contributed by atoms with Gasteiger partial charge in [0.25, 0.3) is 0 Å². The highest BCUT2D eigenvalue weighted by Gasteiger charge is 2.65. The molecular weight excluding hydrogens is 306 g/mol. The molecule has 2 aliphatic rings. The van der Waals surface area contributed by atoms with Crippen molar-refractivity contribution in [3.8, 4) is 0 Å². The first-order chi connectivity index (χ1) is 9.77. The van der Waals surface area contributed by atoms with Crippen LogP contribution >= 0.6 is 11.3 Å². The first-order valence-electron chi connectivity index (χ1n) is 7.30. The van der Waals surface area contributed by atoms with Crippen LogP contribution in [0.1, 0.15) is 38.0 Å². The van der Waals surface area contributed by atoms with Crippen LogP contribution in [-0.2, 0) is 21.4 Å². The molecule has 1 aromatic rings. The van der Waals surface area contributed by atoms with Crippen molar-refractivity contribution in [1.82, 2.24) is 4.72 Å². The van der Waals surface area contributed by atoms with Crippen LogP contribution in [0.4, 0.5) is 0 Å². The molecule has 1 N–H and O–H groups in total. The molecular formula is C15H21NO3S2. The van der Waals surface area contributed by atoms with E-state index in [0.29, 0.717) is 25.3 Å². The van der Waals surface area contributed by atoms with Crippen molar-refractivity contribution in [2.24, 2.45) is 16.7 Å². The van der Waals surface area contributed by atoms with Crippen molar-refractivity contribution >= 4 is 27.1 Å². The molecule has 2 bridgehead atoms. The molecule has 2 saturated carbocycles. The van der Waals surface area contributed by atoms with Gasteiger partial charge in [-0.05, 0) is 35.6 Å². The fraction of sp³-hybridized carbons (Fsp3) is 0.667. The molecule has 0 unspecified atom stereocenters. The Labute approximate surface area is 130 Å². The zero-order valence-corrected chi connectivity index (χ0v) is 14.0. The molecule has 2 aliphatic carbocycles. The van der Waals surface area contributed by atoms with Crippen molar-refractivity contribution < 1.29 is 13.2 Å². The van der Waals surface area contributed by atoms with Crippen LogP contribution in [-0.4, -0.2) is 20.0 Å². The molecule has 0 saturated heterocycles. The third kappa shape index (κ3) is 2.37. The lowest BCUT2D eigenvalue weighted by molar-refractivity contribution is -0.128. The van der Waals surface area contributed by atoms with Gasteiger partial charge in [-0.3, -0.25) is 4.79 Å². The summed E-state index contributed by atoms with van der Waals surface area (Å²) in [6, 6.07) is 3.81. The lowest BCUT2D eigenvalue weighted by Crippen LogP contribution is -2.45. The van der Waals surface area contributed by atoms with Crippen molar-refractivity contribution in [2.75, 3.05) is 5.75 Å². The molecule has 21 heavy (non-hydrogen) atoms. The van der Waals surface area contributed by atoms with Crippen LogP contribution < -0.4 is 4.72 Å². The minimum absolute atomic E-state index is 0.0618. The van der Waals surface area contributed by atoms with Gasteiger partial charge < -0.3 is 0 Å². The average Bonchev–Trinajstić information content (AvgIpc) is 3.02. The number of fused-ring (bicyclic) bond motifs is 2. The summed E-state index contributed by atoms with van der Waals surface area (Å²) in [6.07, 6.45) is 2.23. The predicted molar refractivity (Wildman–Crippen MR) is 83.5 cm³/mol. The maximum atomic E-state index is 12.4. The van der Waals surface area contributed by atoms with E-state index < -0.39 is 15.4 Å². The van der Waals surface area contributed by atoms with E-state index in [2.05, 4.69) is 18.6 Å². The molecule has 1 aromatic heterocycles. The molecule has 116 valence electrons. The maximum Gasteiger partial charge on any atom is 0.212 e. The van der Waals surface area contributed by atoms with E-state index in [9.17, 15) is 13.2 Å². The first kappa shape index (κ1) is 15.2. The number of ketones is 1. The lowest BCUT2D eigenvalue weighted by Gasteiger charge is -2.36. The second-order valence-electron chi connectivity index (χ2n) is 6.83. The number of hydrogen-bond donors (Lipinski definition) is 1. The van der Waals surface area contributed by atoms with E-state index in [4.69, 9.17) is 0 Å². The summed E-state index contributed by atoms with van der Waals surface area (Å²) < 4.78 is 27.5. The van der Waals surface area contributed by atoms with Crippen molar-refractivity contribution in [3.05, 3.63) is 22.4 Å². The van der Waals surface area contributed by atoms with Gasteiger partial charge in [0.2, 0.25) is 10.0 Å². The number of sulfonamides is 1. The Bertz CT molecular complexity index is 648. The molecule has 3 rings (SSSR count). The number of thiophene rings is 1. The first-order valence-corrected chi connectivity index (χ1v) is 9.83. The maximum absolute atomic E-state index is 12.4. The van der Waals surface area contributed by atoms with Gasteiger partial charge in [0.1, 0.15) is 5.78 Å². The zero-order chi connectivity index (χ0) is 15.3. The Kier molecular flexibility index (Phi) is 3.54. The lowest BCUT2D eigenvalue weighted by atomic mass is 9.70. The normalized spacial score (nSPS) is 31.0. The van der Waals surface area contributed by atoms with Gasteiger partial charge in [-0.1, -0.05) is 19.9 Å². The number of carbonyl (C=O) groups is 1. The number of hydrogen-bond acceptors (Lipinski definition) is 4. The van der Waals surface area contributed by atoms with Gasteiger partial charge in [-0.15, -0.1) is 11.3 Å². The summed E-state index contributed by atoms with van der Waals surface area (Å²) in [5.41, 5.74) is -0.888. The van der Waals surface area contributed by atoms with Crippen LogP contribution in [0.3, 0.4) is 0 Å². The van der Waals surface area contributed by atoms with Crippen LogP contribution in [0.15, 0.2) is 17.5 Å². The fourth-order valence-corrected chi connectivity index (χ4v) is 6.62. The molecule has 0 aliphatic heterocycles. The SMILES string of the molecule is CC1(C)[C@H]2CC[C@]1(CS(=O)(=O)NCc1cccs1)C(=O)C2. The van der Waals surface area contributed by atoms with E-state index in [1.807, 2.05) is 17.5 Å². The Hall–Kier alpha value is -0.720. The Balaban J connectivity index is 1.77. The van der Waals surface area contributed by atoms with Gasteiger partial charge in [0, 0.05) is 23.3 Å². The van der Waals surface area contributed by atoms with Crippen LogP contribution in [0, 0.1) is 16.7 Å². The molecule has 4 nitrogen and oxygen atoms in total. The van der Waals surface area contributed by atoms with E-state index >= 15 is 0 Å². The van der Waals surface area contributed by atoms with Gasteiger partial charge in [0.05, 0.1) is 5.75 Å². The van der Waals surface area contributed by atoms with Crippen molar-refractivity contribution in [3.63, 3.8) is 0 Å². The van der Waals surface area contributed by atoms with E-state index in [1.54, 1.807) is 0 Å². The van der Waals surface area contributed by atoms with Gasteiger partial charge in [-0.25, -0.2) is 13.1 Å². The number of Topliss-reactive ketones (excluding diaryl/α,β-unsaturated/α-hetero) is 1. The van der Waals surface area contributed by atoms with Crippen molar-refractivity contribution in [2.45, 2.75) is 39.7 Å². The highest BCUT2D eigenvalue weighted by molar-refractivity contribution is 7.89. The minimum atomic E-state index is -3.45. The summed E-state index contributed by atoms with van der Waals surface area (Å²) in [7, 11) is -3.45. The summed E-state index contributed by atoms with van der Waals surface area (Å²) in [5, 5.41) is 1.92. The molecule has 2 atom stereocenters. The summed E-state index contributed by atoms with van der Waals surface area (Å²) in [5.74, 6) is 0.427. The summed E-state index contributed by atoms with van der Waals surface area (Å²) in [6.45, 7) is 4.43. The quantitative estimate of drug-likeness (QED) is 0.904. The highest BCUT2D eigenvalue weighted by Crippen LogP contribution is 2.64. The second-order valence-corrected chi connectivity index (χ2v) is 9.67. The molecule has 1 heterocycles. The number of carbonyl (C=O) groups excluding carboxylic acids is 1. The molecule has 2 fully saturated rings. The Morgan fingerprint density at radius 1 is 1.43 bits per heavy atom. The highest BCUT2D eigenvalue weighted by atomic mass is 32.2. The topological polar surface area (TPSA) is 63.2 Å². The van der Waals surface area contributed by atoms with E-state index in [0.717, 1.165) is 11.3 Å². The average molecular weight is 327 g/mol. The zero-order valence-electron chi connectivity index (χ0n) is 12.4.